The molecule has 1 atom stereocenters. The van der Waals surface area contributed by atoms with Crippen molar-refractivity contribution >= 4 is 11.9 Å². The zero-order valence-electron chi connectivity index (χ0n) is 21.2. The van der Waals surface area contributed by atoms with Crippen molar-refractivity contribution in [1.29, 1.82) is 0 Å². The van der Waals surface area contributed by atoms with E-state index in [1.165, 1.54) is 4.90 Å². The molecule has 0 aromatic carbocycles. The highest BCUT2D eigenvalue weighted by atomic mass is 16.5. The molecule has 0 unspecified atom stereocenters. The van der Waals surface area contributed by atoms with Crippen molar-refractivity contribution in [2.45, 2.75) is 57.4 Å². The van der Waals surface area contributed by atoms with Gasteiger partial charge in [0.05, 0.1) is 6.61 Å². The SMILES string of the molecule is COCCN1C(=O)N(CCCc2cccnc2)C(=O)C12CCN(CC[C@H](C)c1ccc(C)o1)CC2. The van der Waals surface area contributed by atoms with Crippen LogP contribution in [0, 0.1) is 6.92 Å². The molecule has 1 spiro atoms. The average molecular weight is 483 g/mol. The molecular formula is C27H38N4O4. The number of amides is 3. The van der Waals surface area contributed by atoms with Crippen molar-refractivity contribution in [2.75, 3.05) is 46.4 Å². The summed E-state index contributed by atoms with van der Waals surface area (Å²) in [5, 5.41) is 0. The van der Waals surface area contributed by atoms with E-state index >= 15 is 0 Å². The molecule has 2 aromatic rings. The average Bonchev–Trinajstić information content (AvgIpc) is 3.39. The number of urea groups is 1. The summed E-state index contributed by atoms with van der Waals surface area (Å²) in [4.78, 5) is 36.8. The van der Waals surface area contributed by atoms with Gasteiger partial charge in [0.15, 0.2) is 0 Å². The van der Waals surface area contributed by atoms with Gasteiger partial charge in [0.1, 0.15) is 17.1 Å². The van der Waals surface area contributed by atoms with Gasteiger partial charge in [-0.05, 0) is 69.3 Å². The van der Waals surface area contributed by atoms with E-state index in [2.05, 4.69) is 22.9 Å². The number of furan rings is 1. The van der Waals surface area contributed by atoms with Gasteiger partial charge in [0.2, 0.25) is 0 Å². The summed E-state index contributed by atoms with van der Waals surface area (Å²) in [6.07, 6.45) is 7.43. The number of methoxy groups -OCH3 is 1. The third-order valence-electron chi connectivity index (χ3n) is 7.52. The molecule has 8 heteroatoms. The van der Waals surface area contributed by atoms with Gasteiger partial charge in [-0.15, -0.1) is 0 Å². The van der Waals surface area contributed by atoms with Crippen LogP contribution in [0.5, 0.6) is 0 Å². The quantitative estimate of drug-likeness (QED) is 0.453. The molecular weight excluding hydrogens is 444 g/mol. The second-order valence-corrected chi connectivity index (χ2v) is 9.86. The summed E-state index contributed by atoms with van der Waals surface area (Å²) in [6.45, 7) is 8.01. The Hall–Kier alpha value is -2.71. The van der Waals surface area contributed by atoms with E-state index in [0.717, 1.165) is 56.0 Å². The highest BCUT2D eigenvalue weighted by Gasteiger charge is 2.57. The van der Waals surface area contributed by atoms with Gasteiger partial charge in [0, 0.05) is 51.6 Å². The van der Waals surface area contributed by atoms with Gasteiger partial charge in [-0.1, -0.05) is 13.0 Å². The van der Waals surface area contributed by atoms with Gasteiger partial charge >= 0.3 is 6.03 Å². The minimum Gasteiger partial charge on any atom is -0.466 e. The summed E-state index contributed by atoms with van der Waals surface area (Å²) in [6, 6.07) is 7.83. The fourth-order valence-electron chi connectivity index (χ4n) is 5.33. The number of imide groups is 1. The molecule has 0 saturated carbocycles. The van der Waals surface area contributed by atoms with Gasteiger partial charge in [-0.2, -0.15) is 0 Å². The Balaban J connectivity index is 1.36. The van der Waals surface area contributed by atoms with Crippen LogP contribution in [0.3, 0.4) is 0 Å². The van der Waals surface area contributed by atoms with Crippen LogP contribution in [0.15, 0.2) is 41.1 Å². The van der Waals surface area contributed by atoms with Crippen molar-refractivity contribution < 1.29 is 18.7 Å². The Labute approximate surface area is 208 Å². The van der Waals surface area contributed by atoms with Gasteiger partial charge < -0.3 is 19.0 Å². The maximum absolute atomic E-state index is 13.6. The van der Waals surface area contributed by atoms with Gasteiger partial charge in [0.25, 0.3) is 5.91 Å². The number of carbonyl (C=O) groups excluding carboxylic acids is 2. The molecule has 3 amide bonds. The van der Waals surface area contributed by atoms with Crippen LogP contribution in [0.1, 0.15) is 55.6 Å². The summed E-state index contributed by atoms with van der Waals surface area (Å²) in [5.41, 5.74) is 0.370. The Morgan fingerprint density at radius 1 is 1.14 bits per heavy atom. The molecule has 0 aliphatic carbocycles. The van der Waals surface area contributed by atoms with Crippen LogP contribution in [0.25, 0.3) is 0 Å². The number of likely N-dealkylation sites (tertiary alicyclic amines) is 1. The number of aromatic nitrogens is 1. The number of hydrogen-bond donors (Lipinski definition) is 0. The van der Waals surface area contributed by atoms with E-state index < -0.39 is 5.54 Å². The smallest absolute Gasteiger partial charge is 0.327 e. The molecule has 35 heavy (non-hydrogen) atoms. The number of nitrogens with zero attached hydrogens (tertiary/aromatic N) is 4. The van der Waals surface area contributed by atoms with Crippen molar-refractivity contribution in [3.8, 4) is 0 Å². The van der Waals surface area contributed by atoms with E-state index in [1.807, 2.05) is 31.3 Å². The molecule has 2 aliphatic rings. The van der Waals surface area contributed by atoms with Crippen LogP contribution in [0.2, 0.25) is 0 Å². The van der Waals surface area contributed by atoms with Gasteiger partial charge in [-0.3, -0.25) is 14.7 Å². The van der Waals surface area contributed by atoms with Crippen molar-refractivity contribution in [2.24, 2.45) is 0 Å². The van der Waals surface area contributed by atoms with Crippen molar-refractivity contribution in [1.82, 2.24) is 19.7 Å². The maximum atomic E-state index is 13.6. The van der Waals surface area contributed by atoms with Crippen LogP contribution < -0.4 is 0 Å². The predicted octanol–water partition coefficient (Wildman–Crippen LogP) is 3.85. The number of carbonyl (C=O) groups is 2. The second-order valence-electron chi connectivity index (χ2n) is 9.86. The summed E-state index contributed by atoms with van der Waals surface area (Å²) in [5.74, 6) is 2.28. The standard InChI is InChI=1S/C27H38N4O4/c1-21(24-9-8-22(2)35-24)10-15-29-16-11-27(12-17-29)25(32)30(26(33)31(27)18-19-34-3)14-5-7-23-6-4-13-28-20-23/h4,6,8-9,13,20-21H,5,7,10-12,14-19H2,1-3H3/t21-/m0/s1. The van der Waals surface area contributed by atoms with E-state index in [0.29, 0.717) is 38.5 Å². The molecule has 0 radical (unpaired) electrons. The first-order valence-electron chi connectivity index (χ1n) is 12.7. The monoisotopic (exact) mass is 482 g/mol. The summed E-state index contributed by atoms with van der Waals surface area (Å²) < 4.78 is 11.1. The summed E-state index contributed by atoms with van der Waals surface area (Å²) in [7, 11) is 1.63. The highest BCUT2D eigenvalue weighted by molar-refractivity contribution is 6.07. The lowest BCUT2D eigenvalue weighted by Crippen LogP contribution is -2.57. The molecule has 2 fully saturated rings. The molecule has 4 heterocycles. The fourth-order valence-corrected chi connectivity index (χ4v) is 5.33. The highest BCUT2D eigenvalue weighted by Crippen LogP contribution is 2.37. The van der Waals surface area contributed by atoms with E-state index in [9.17, 15) is 9.59 Å². The van der Waals surface area contributed by atoms with Crippen LogP contribution in [0.4, 0.5) is 4.79 Å². The topological polar surface area (TPSA) is 79.1 Å². The molecule has 190 valence electrons. The fraction of sp³-hybridized carbons (Fsp3) is 0.593. The zero-order valence-corrected chi connectivity index (χ0v) is 21.2. The molecule has 8 nitrogen and oxygen atoms in total. The van der Waals surface area contributed by atoms with Crippen molar-refractivity contribution in [3.05, 3.63) is 53.7 Å². The van der Waals surface area contributed by atoms with Crippen LogP contribution in [-0.2, 0) is 16.0 Å². The lowest BCUT2D eigenvalue weighted by Gasteiger charge is -2.42. The predicted molar refractivity (Wildman–Crippen MR) is 133 cm³/mol. The number of pyridine rings is 1. The Morgan fingerprint density at radius 2 is 1.94 bits per heavy atom. The Bertz CT molecular complexity index is 984. The lowest BCUT2D eigenvalue weighted by molar-refractivity contribution is -0.135. The number of rotatable bonds is 11. The molecule has 2 aromatic heterocycles. The molecule has 2 aliphatic heterocycles. The Kier molecular flexibility index (Phi) is 8.23. The molecule has 0 N–H and O–H groups in total. The van der Waals surface area contributed by atoms with E-state index in [1.54, 1.807) is 18.2 Å². The molecule has 0 bridgehead atoms. The molecule has 4 rings (SSSR count). The number of aryl methyl sites for hydroxylation is 2. The third kappa shape index (κ3) is 5.59. The largest absolute Gasteiger partial charge is 0.466 e. The van der Waals surface area contributed by atoms with E-state index in [4.69, 9.17) is 9.15 Å². The van der Waals surface area contributed by atoms with Crippen LogP contribution >= 0.6 is 0 Å². The van der Waals surface area contributed by atoms with Crippen molar-refractivity contribution in [3.63, 3.8) is 0 Å². The second kappa shape index (κ2) is 11.4. The molecule has 2 saturated heterocycles. The first-order chi connectivity index (χ1) is 16.9. The van der Waals surface area contributed by atoms with E-state index in [-0.39, 0.29) is 11.9 Å². The van der Waals surface area contributed by atoms with Crippen LogP contribution in [-0.4, -0.2) is 83.6 Å². The normalized spacial score (nSPS) is 19.2. The number of ether oxygens (including phenoxy) is 1. The Morgan fingerprint density at radius 3 is 2.60 bits per heavy atom. The zero-order chi connectivity index (χ0) is 24.8. The number of piperidine rings is 1. The third-order valence-corrected chi connectivity index (χ3v) is 7.52. The first kappa shape index (κ1) is 25.4. The maximum Gasteiger partial charge on any atom is 0.327 e. The number of hydrogen-bond acceptors (Lipinski definition) is 6. The minimum atomic E-state index is -0.746. The minimum absolute atomic E-state index is 0.0381. The lowest BCUT2D eigenvalue weighted by atomic mass is 9.85. The first-order valence-corrected chi connectivity index (χ1v) is 12.7. The van der Waals surface area contributed by atoms with Gasteiger partial charge in [-0.25, -0.2) is 4.79 Å². The summed E-state index contributed by atoms with van der Waals surface area (Å²) >= 11 is 0.